The van der Waals surface area contributed by atoms with E-state index in [1.165, 1.54) is 11.3 Å². The van der Waals surface area contributed by atoms with Crippen molar-refractivity contribution < 1.29 is 0 Å². The average molecular weight is 229 g/mol. The van der Waals surface area contributed by atoms with Gasteiger partial charge in [-0.1, -0.05) is 30.3 Å². The smallest absolute Gasteiger partial charge is 0.140 e. The van der Waals surface area contributed by atoms with Crippen molar-refractivity contribution in [3.63, 3.8) is 0 Å². The molecule has 3 nitrogen and oxygen atoms in total. The van der Waals surface area contributed by atoms with Gasteiger partial charge >= 0.3 is 0 Å². The Labute approximate surface area is 103 Å². The molecule has 2 rings (SSSR count). The van der Waals surface area contributed by atoms with Crippen molar-refractivity contribution in [2.24, 2.45) is 7.05 Å². The normalized spacial score (nSPS) is 10.8. The first kappa shape index (κ1) is 11.9. The van der Waals surface area contributed by atoms with Crippen LogP contribution >= 0.6 is 0 Å². The molecule has 0 unspecified atom stereocenters. The summed E-state index contributed by atoms with van der Waals surface area (Å²) >= 11 is 0. The second-order valence-corrected chi connectivity index (χ2v) is 4.25. The van der Waals surface area contributed by atoms with Crippen LogP contribution in [0.5, 0.6) is 0 Å². The van der Waals surface area contributed by atoms with E-state index in [1.54, 1.807) is 0 Å². The lowest BCUT2D eigenvalue weighted by molar-refractivity contribution is 0.736. The lowest BCUT2D eigenvalue weighted by Crippen LogP contribution is -2.13. The van der Waals surface area contributed by atoms with E-state index in [0.29, 0.717) is 0 Å². The second-order valence-electron chi connectivity index (χ2n) is 4.25. The zero-order valence-electron chi connectivity index (χ0n) is 10.7. The molecule has 0 spiro atoms. The fourth-order valence-electron chi connectivity index (χ4n) is 2.11. The first-order chi connectivity index (χ1) is 8.24. The average Bonchev–Trinajstić information content (AvgIpc) is 2.64. The zero-order valence-corrected chi connectivity index (χ0v) is 10.7. The topological polar surface area (TPSA) is 29.9 Å². The fraction of sp³-hybridized carbons (Fsp3) is 0.357. The molecule has 1 aromatic carbocycles. The van der Waals surface area contributed by atoms with Gasteiger partial charge in [0, 0.05) is 31.3 Å². The number of likely N-dealkylation sites (N-methyl/N-ethyl adjacent to an activating group) is 1. The van der Waals surface area contributed by atoms with Gasteiger partial charge in [-0.2, -0.15) is 0 Å². The summed E-state index contributed by atoms with van der Waals surface area (Å²) in [6.07, 6.45) is 1.01. The van der Waals surface area contributed by atoms with Gasteiger partial charge in [-0.05, 0) is 14.0 Å². The molecule has 0 fully saturated rings. The summed E-state index contributed by atoms with van der Waals surface area (Å²) in [5, 5.41) is 3.18. The first-order valence-corrected chi connectivity index (χ1v) is 5.96. The third-order valence-corrected chi connectivity index (χ3v) is 3.06. The van der Waals surface area contributed by atoms with Crippen LogP contribution in [0.15, 0.2) is 30.3 Å². The van der Waals surface area contributed by atoms with Crippen molar-refractivity contribution in [3.05, 3.63) is 41.7 Å². The SMILES string of the molecule is CNCCc1c(C)nc(-c2ccccc2)n1C. The Morgan fingerprint density at radius 2 is 1.94 bits per heavy atom. The van der Waals surface area contributed by atoms with Crippen LogP contribution in [0.4, 0.5) is 0 Å². The van der Waals surface area contributed by atoms with Gasteiger partial charge in [0.1, 0.15) is 5.82 Å². The Bertz CT molecular complexity index is 486. The van der Waals surface area contributed by atoms with Crippen LogP contribution in [0.1, 0.15) is 11.4 Å². The minimum Gasteiger partial charge on any atom is -0.331 e. The molecule has 0 radical (unpaired) electrons. The number of hydrogen-bond donors (Lipinski definition) is 1. The standard InChI is InChI=1S/C14H19N3/c1-11-13(9-10-15-2)17(3)14(16-11)12-7-5-4-6-8-12/h4-8,15H,9-10H2,1-3H3. The summed E-state index contributed by atoms with van der Waals surface area (Å²) in [6, 6.07) is 10.3. The van der Waals surface area contributed by atoms with E-state index >= 15 is 0 Å². The van der Waals surface area contributed by atoms with Gasteiger partial charge in [-0.25, -0.2) is 4.98 Å². The molecule has 0 saturated carbocycles. The molecule has 0 saturated heterocycles. The molecular formula is C14H19N3. The van der Waals surface area contributed by atoms with Crippen molar-refractivity contribution in [2.75, 3.05) is 13.6 Å². The maximum absolute atomic E-state index is 4.67. The van der Waals surface area contributed by atoms with Gasteiger partial charge in [-0.3, -0.25) is 0 Å². The summed E-state index contributed by atoms with van der Waals surface area (Å²) in [7, 11) is 4.07. The van der Waals surface area contributed by atoms with E-state index in [9.17, 15) is 0 Å². The predicted molar refractivity (Wildman–Crippen MR) is 71.0 cm³/mol. The van der Waals surface area contributed by atoms with Crippen molar-refractivity contribution in [1.29, 1.82) is 0 Å². The molecule has 3 heteroatoms. The third kappa shape index (κ3) is 2.39. The number of imidazole rings is 1. The molecule has 0 aliphatic heterocycles. The van der Waals surface area contributed by atoms with E-state index in [4.69, 9.17) is 0 Å². The number of hydrogen-bond acceptors (Lipinski definition) is 2. The lowest BCUT2D eigenvalue weighted by Gasteiger charge is -2.06. The molecule has 1 N–H and O–H groups in total. The highest BCUT2D eigenvalue weighted by molar-refractivity contribution is 5.56. The van der Waals surface area contributed by atoms with Crippen LogP contribution < -0.4 is 5.32 Å². The molecule has 1 heterocycles. The Balaban J connectivity index is 2.37. The van der Waals surface area contributed by atoms with Gasteiger partial charge in [-0.15, -0.1) is 0 Å². The van der Waals surface area contributed by atoms with Crippen LogP contribution in [-0.4, -0.2) is 23.1 Å². The molecule has 2 aromatic rings. The molecular weight excluding hydrogens is 210 g/mol. The van der Waals surface area contributed by atoms with Crippen LogP contribution in [0.2, 0.25) is 0 Å². The minimum atomic E-state index is 0.981. The maximum atomic E-state index is 4.67. The molecule has 0 bridgehead atoms. The fourth-order valence-corrected chi connectivity index (χ4v) is 2.11. The number of aryl methyl sites for hydroxylation is 1. The second kappa shape index (κ2) is 5.15. The quantitative estimate of drug-likeness (QED) is 0.870. The molecule has 0 aliphatic carbocycles. The molecule has 0 amide bonds. The van der Waals surface area contributed by atoms with Gasteiger partial charge in [0.2, 0.25) is 0 Å². The van der Waals surface area contributed by atoms with Crippen molar-refractivity contribution in [2.45, 2.75) is 13.3 Å². The van der Waals surface area contributed by atoms with Crippen molar-refractivity contribution in [1.82, 2.24) is 14.9 Å². The van der Waals surface area contributed by atoms with Crippen molar-refractivity contribution >= 4 is 0 Å². The molecule has 0 atom stereocenters. The predicted octanol–water partition coefficient (Wildman–Crippen LogP) is 2.16. The number of rotatable bonds is 4. The van der Waals surface area contributed by atoms with Crippen molar-refractivity contribution in [3.8, 4) is 11.4 Å². The van der Waals surface area contributed by atoms with E-state index in [0.717, 1.165) is 24.5 Å². The summed E-state index contributed by atoms with van der Waals surface area (Å²) < 4.78 is 2.20. The number of aromatic nitrogens is 2. The maximum Gasteiger partial charge on any atom is 0.140 e. The highest BCUT2D eigenvalue weighted by Crippen LogP contribution is 2.20. The molecule has 17 heavy (non-hydrogen) atoms. The van der Waals surface area contributed by atoms with Crippen LogP contribution in [0, 0.1) is 6.92 Å². The Morgan fingerprint density at radius 3 is 2.59 bits per heavy atom. The Morgan fingerprint density at radius 1 is 1.24 bits per heavy atom. The first-order valence-electron chi connectivity index (χ1n) is 5.96. The minimum absolute atomic E-state index is 0.981. The van der Waals surface area contributed by atoms with Gasteiger partial charge < -0.3 is 9.88 Å². The van der Waals surface area contributed by atoms with Crippen LogP contribution in [0.3, 0.4) is 0 Å². The number of nitrogens with one attached hydrogen (secondary N) is 1. The molecule has 0 aliphatic rings. The van der Waals surface area contributed by atoms with E-state index in [-0.39, 0.29) is 0 Å². The largest absolute Gasteiger partial charge is 0.331 e. The Hall–Kier alpha value is -1.61. The summed E-state index contributed by atoms with van der Waals surface area (Å²) in [4.78, 5) is 4.67. The van der Waals surface area contributed by atoms with Gasteiger partial charge in [0.15, 0.2) is 0 Å². The highest BCUT2D eigenvalue weighted by Gasteiger charge is 2.11. The Kier molecular flexibility index (Phi) is 3.59. The number of nitrogens with zero attached hydrogens (tertiary/aromatic N) is 2. The molecule has 90 valence electrons. The van der Waals surface area contributed by atoms with Gasteiger partial charge in [0.05, 0.1) is 5.69 Å². The zero-order chi connectivity index (χ0) is 12.3. The summed E-state index contributed by atoms with van der Waals surface area (Å²) in [5.74, 6) is 1.05. The van der Waals surface area contributed by atoms with E-state index in [1.807, 2.05) is 25.2 Å². The third-order valence-electron chi connectivity index (χ3n) is 3.06. The monoisotopic (exact) mass is 229 g/mol. The van der Waals surface area contributed by atoms with E-state index in [2.05, 4.69) is 41.0 Å². The highest BCUT2D eigenvalue weighted by atomic mass is 15.1. The summed E-state index contributed by atoms with van der Waals surface area (Å²) in [6.45, 7) is 3.06. The number of benzene rings is 1. The van der Waals surface area contributed by atoms with Crippen LogP contribution in [-0.2, 0) is 13.5 Å². The summed E-state index contributed by atoms with van der Waals surface area (Å²) in [5.41, 5.74) is 3.61. The lowest BCUT2D eigenvalue weighted by atomic mass is 10.2. The van der Waals surface area contributed by atoms with Gasteiger partial charge in [0.25, 0.3) is 0 Å². The van der Waals surface area contributed by atoms with E-state index < -0.39 is 0 Å². The van der Waals surface area contributed by atoms with Crippen LogP contribution in [0.25, 0.3) is 11.4 Å². The molecule has 1 aromatic heterocycles.